The molecule has 2 aliphatic heterocycles. The summed E-state index contributed by atoms with van der Waals surface area (Å²) in [6.45, 7) is -0.505. The molecule has 0 bridgehead atoms. The summed E-state index contributed by atoms with van der Waals surface area (Å²) < 4.78 is 60.6. The number of halogens is 2. The number of hydrogen-bond donors (Lipinski definition) is 0. The molecule has 16 heteroatoms. The Bertz CT molecular complexity index is 1560. The van der Waals surface area contributed by atoms with E-state index in [1.54, 1.807) is 0 Å². The number of rotatable bonds is 6. The SMILES string of the molecule is O=C1C2C(=O)N(OS(=O)(=O)c3ccc(Cl)cc3)C(=O)C2C2C[N+](=O)C(OS(=O)(=O)c3ccc(Cl)cc3)C12. The lowest BCUT2D eigenvalue weighted by molar-refractivity contribution is -0.603. The average molecular weight is 590 g/mol. The van der Waals surface area contributed by atoms with Crippen molar-refractivity contribution in [3.8, 4) is 0 Å². The quantitative estimate of drug-likeness (QED) is 0.209. The summed E-state index contributed by atoms with van der Waals surface area (Å²) in [6.07, 6.45) is -1.82. The molecule has 37 heavy (non-hydrogen) atoms. The summed E-state index contributed by atoms with van der Waals surface area (Å²) in [5, 5.41) is 0.490. The molecule has 2 saturated heterocycles. The van der Waals surface area contributed by atoms with Gasteiger partial charge in [0.1, 0.15) is 11.8 Å². The lowest BCUT2D eigenvalue weighted by Crippen LogP contribution is -2.39. The molecule has 2 aromatic carbocycles. The summed E-state index contributed by atoms with van der Waals surface area (Å²) in [6, 6.07) is 9.59. The molecule has 3 fully saturated rings. The summed E-state index contributed by atoms with van der Waals surface area (Å²) in [5.41, 5.74) is 0. The van der Waals surface area contributed by atoms with E-state index >= 15 is 0 Å². The molecule has 0 aromatic heterocycles. The molecule has 12 nitrogen and oxygen atoms in total. The van der Waals surface area contributed by atoms with Crippen LogP contribution in [-0.4, -0.2) is 57.0 Å². The highest BCUT2D eigenvalue weighted by Gasteiger charge is 2.73. The van der Waals surface area contributed by atoms with Crippen LogP contribution in [0.2, 0.25) is 10.0 Å². The van der Waals surface area contributed by atoms with Crippen molar-refractivity contribution in [3.63, 3.8) is 0 Å². The van der Waals surface area contributed by atoms with Crippen LogP contribution in [0.25, 0.3) is 0 Å². The standard InChI is InChI=1S/C21H15Cl2N2O10S2/c22-10-1-5-12(6-2-10)36(30,31)34-21-16-14(9-24(21)29)15-17(18(16)26)20(28)25(19(15)27)35-37(32,33)13-7-3-11(23)4-8-13/h1-8,14-17,21H,9H2/q+1. The zero-order chi connectivity index (χ0) is 26.9. The predicted octanol–water partition coefficient (Wildman–Crippen LogP) is 1.55. The van der Waals surface area contributed by atoms with Crippen molar-refractivity contribution in [2.24, 2.45) is 23.7 Å². The predicted molar refractivity (Wildman–Crippen MR) is 123 cm³/mol. The Labute approximate surface area is 219 Å². The Kier molecular flexibility index (Phi) is 6.24. The largest absolute Gasteiger partial charge is 0.329 e. The molecule has 5 atom stereocenters. The number of nitrogens with zero attached hydrogens (tertiary/aromatic N) is 2. The van der Waals surface area contributed by atoms with E-state index in [9.17, 15) is 36.1 Å². The minimum atomic E-state index is -4.65. The fourth-order valence-electron chi connectivity index (χ4n) is 4.82. The lowest BCUT2D eigenvalue weighted by Gasteiger charge is -2.17. The number of imide groups is 1. The molecule has 0 spiro atoms. The number of ketones is 1. The van der Waals surface area contributed by atoms with Crippen molar-refractivity contribution >= 4 is 61.0 Å². The van der Waals surface area contributed by atoms with Crippen molar-refractivity contribution in [3.05, 3.63) is 63.5 Å². The summed E-state index contributed by atoms with van der Waals surface area (Å²) in [4.78, 5) is 51.1. The van der Waals surface area contributed by atoms with Crippen molar-refractivity contribution in [2.45, 2.75) is 16.0 Å². The number of nitroso groups, excluding NO2 is 1. The maximum Gasteiger partial charge on any atom is 0.329 e. The highest BCUT2D eigenvalue weighted by atomic mass is 35.5. The van der Waals surface area contributed by atoms with Gasteiger partial charge in [0.2, 0.25) is 0 Å². The van der Waals surface area contributed by atoms with Gasteiger partial charge in [-0.1, -0.05) is 23.2 Å². The first kappa shape index (κ1) is 25.9. The van der Waals surface area contributed by atoms with Gasteiger partial charge in [0.05, 0.1) is 21.6 Å². The molecule has 1 saturated carbocycles. The van der Waals surface area contributed by atoms with Crippen molar-refractivity contribution in [2.75, 3.05) is 6.54 Å². The molecular weight excluding hydrogens is 575 g/mol. The second-order valence-corrected chi connectivity index (χ2v) is 12.5. The third-order valence-electron chi connectivity index (χ3n) is 6.45. The van der Waals surface area contributed by atoms with Gasteiger partial charge in [-0.15, -0.1) is 9.35 Å². The van der Waals surface area contributed by atoms with Crippen LogP contribution in [0.4, 0.5) is 0 Å². The summed E-state index contributed by atoms with van der Waals surface area (Å²) in [7, 11) is -9.17. The van der Waals surface area contributed by atoms with E-state index in [0.717, 1.165) is 24.3 Å². The molecule has 5 unspecified atom stereocenters. The monoisotopic (exact) mass is 589 g/mol. The van der Waals surface area contributed by atoms with Gasteiger partial charge in [-0.2, -0.15) is 21.0 Å². The van der Waals surface area contributed by atoms with Crippen LogP contribution in [0.5, 0.6) is 0 Å². The molecule has 0 N–H and O–H groups in total. The van der Waals surface area contributed by atoms with E-state index in [0.29, 0.717) is 0 Å². The number of carbonyl (C=O) groups excluding carboxylic acids is 3. The smallest absolute Gasteiger partial charge is 0.298 e. The van der Waals surface area contributed by atoms with Gasteiger partial charge in [0, 0.05) is 19.7 Å². The number of Topliss-reactive ketones (excluding diaryl/α,β-unsaturated/α-hetero) is 1. The van der Waals surface area contributed by atoms with Crippen LogP contribution in [-0.2, 0) is 43.1 Å². The van der Waals surface area contributed by atoms with Crippen LogP contribution >= 0.6 is 23.2 Å². The summed E-state index contributed by atoms with van der Waals surface area (Å²) >= 11 is 11.5. The third-order valence-corrected chi connectivity index (χ3v) is 9.45. The molecule has 2 amide bonds. The van der Waals surface area contributed by atoms with Crippen molar-refractivity contribution in [1.82, 2.24) is 5.06 Å². The van der Waals surface area contributed by atoms with Crippen molar-refractivity contribution < 1.29 is 44.4 Å². The van der Waals surface area contributed by atoms with Crippen molar-refractivity contribution in [1.29, 1.82) is 0 Å². The third kappa shape index (κ3) is 4.27. The van der Waals surface area contributed by atoms with Gasteiger partial charge in [0.25, 0.3) is 11.8 Å². The molecule has 5 rings (SSSR count). The maximum atomic E-state index is 13.2. The van der Waals surface area contributed by atoms with E-state index in [4.69, 9.17) is 31.7 Å². The van der Waals surface area contributed by atoms with Crippen LogP contribution in [0.1, 0.15) is 0 Å². The number of benzene rings is 2. The zero-order valence-corrected chi connectivity index (χ0v) is 21.4. The van der Waals surface area contributed by atoms with Gasteiger partial charge >= 0.3 is 26.5 Å². The molecule has 3 aliphatic rings. The van der Waals surface area contributed by atoms with E-state index in [-0.39, 0.29) is 24.8 Å². The van der Waals surface area contributed by atoms with E-state index in [1.165, 1.54) is 24.3 Å². The number of hydrogen-bond acceptors (Lipinski definition) is 10. The number of fused-ring (bicyclic) bond motifs is 3. The molecule has 0 radical (unpaired) electrons. The topological polar surface area (TPSA) is 161 Å². The Balaban J connectivity index is 1.39. The second-order valence-electron chi connectivity index (χ2n) is 8.54. The molecular formula is C21H15Cl2N2O10S2+. The Morgan fingerprint density at radius 1 is 0.784 bits per heavy atom. The fraction of sp³-hybridized carbons (Fsp3) is 0.286. The van der Waals surface area contributed by atoms with Gasteiger partial charge in [-0.05, 0) is 48.5 Å². The average Bonchev–Trinajstić information content (AvgIpc) is 3.38. The van der Waals surface area contributed by atoms with Gasteiger partial charge in [0.15, 0.2) is 12.3 Å². The number of hydroxylamine groups is 2. The molecule has 194 valence electrons. The highest BCUT2D eigenvalue weighted by Crippen LogP contribution is 2.50. The van der Waals surface area contributed by atoms with E-state index < -0.39 is 79.2 Å². The van der Waals surface area contributed by atoms with E-state index in [1.807, 2.05) is 0 Å². The molecule has 2 heterocycles. The van der Waals surface area contributed by atoms with Gasteiger partial charge in [-0.3, -0.25) is 14.4 Å². The Hall–Kier alpha value is -2.75. The normalized spacial score (nSPS) is 27.6. The van der Waals surface area contributed by atoms with E-state index in [2.05, 4.69) is 0 Å². The van der Waals surface area contributed by atoms with Crippen LogP contribution in [0.15, 0.2) is 58.3 Å². The maximum absolute atomic E-state index is 13.2. The van der Waals surface area contributed by atoms with Crippen LogP contribution < -0.4 is 0 Å². The number of carbonyl (C=O) groups is 3. The minimum Gasteiger partial charge on any atom is -0.298 e. The first-order chi connectivity index (χ1) is 17.3. The molecule has 2 aromatic rings. The molecule has 1 aliphatic carbocycles. The first-order valence-corrected chi connectivity index (χ1v) is 14.1. The van der Waals surface area contributed by atoms with Crippen LogP contribution in [0.3, 0.4) is 0 Å². The van der Waals surface area contributed by atoms with Gasteiger partial charge in [-0.25, -0.2) is 0 Å². The van der Waals surface area contributed by atoms with Gasteiger partial charge < -0.3 is 0 Å². The Morgan fingerprint density at radius 3 is 1.84 bits per heavy atom. The summed E-state index contributed by atoms with van der Waals surface area (Å²) in [5.74, 6) is -8.89. The zero-order valence-electron chi connectivity index (χ0n) is 18.3. The Morgan fingerprint density at radius 2 is 1.30 bits per heavy atom. The first-order valence-electron chi connectivity index (χ1n) is 10.6. The lowest BCUT2D eigenvalue weighted by atomic mass is 9.90. The number of amides is 2. The fourth-order valence-corrected chi connectivity index (χ4v) is 7.02. The highest BCUT2D eigenvalue weighted by molar-refractivity contribution is 7.87. The van der Waals surface area contributed by atoms with Crippen LogP contribution in [0, 0.1) is 28.6 Å². The second kappa shape index (κ2) is 8.92. The minimum absolute atomic E-state index is 0.00116.